The maximum atomic E-state index is 13.9. The summed E-state index contributed by atoms with van der Waals surface area (Å²) in [6.07, 6.45) is -4.94. The molecule has 4 bridgehead atoms. The highest BCUT2D eigenvalue weighted by atomic mass is 31.2. The van der Waals surface area contributed by atoms with Crippen LogP contribution in [-0.2, 0) is 9.09 Å². The number of alkyl halides is 9. The van der Waals surface area contributed by atoms with Crippen molar-refractivity contribution in [3.05, 3.63) is 0 Å². The van der Waals surface area contributed by atoms with Crippen LogP contribution in [0, 0.1) is 17.8 Å². The van der Waals surface area contributed by atoms with Gasteiger partial charge < -0.3 is 4.89 Å². The molecule has 3 nitrogen and oxygen atoms in total. The molecular formula is C14H16F9O3P. The minimum absolute atomic E-state index is 0.00185. The molecule has 13 heteroatoms. The van der Waals surface area contributed by atoms with E-state index in [2.05, 4.69) is 4.52 Å². The molecule has 4 rings (SSSR count). The second-order valence-corrected chi connectivity index (χ2v) is 9.69. The molecule has 4 aliphatic carbocycles. The highest BCUT2D eigenvalue weighted by Gasteiger charge is 2.87. The Hall–Kier alpha value is -0.480. The molecule has 4 saturated carbocycles. The Morgan fingerprint density at radius 1 is 0.778 bits per heavy atom. The third kappa shape index (κ3) is 3.01. The van der Waals surface area contributed by atoms with Gasteiger partial charge in [-0.05, 0) is 56.3 Å². The molecule has 0 radical (unpaired) electrons. The molecule has 0 spiro atoms. The number of halogens is 9. The van der Waals surface area contributed by atoms with E-state index in [1.807, 2.05) is 0 Å². The Balaban J connectivity index is 1.90. The lowest BCUT2D eigenvalue weighted by molar-refractivity contribution is -0.384. The third-order valence-corrected chi connectivity index (χ3v) is 7.41. The van der Waals surface area contributed by atoms with Crippen molar-refractivity contribution in [2.24, 2.45) is 17.8 Å². The lowest BCUT2D eigenvalue weighted by atomic mass is 9.54. The van der Waals surface area contributed by atoms with Gasteiger partial charge in [0.25, 0.3) is 0 Å². The van der Waals surface area contributed by atoms with Crippen molar-refractivity contribution in [1.29, 1.82) is 0 Å². The standard InChI is InChI=1S/C14H16F9O3P/c15-11(16,13(19,20)21)12(17,18)14(22,23)27(24,25)26-10-4-7-1-8(5-10)3-9(2-7)6-10/h7-9H,1-6H2,(H,24,25). The molecule has 4 fully saturated rings. The summed E-state index contributed by atoms with van der Waals surface area (Å²) in [7, 11) is -6.90. The van der Waals surface area contributed by atoms with Gasteiger partial charge in [0, 0.05) is 0 Å². The Kier molecular flexibility index (Phi) is 4.55. The van der Waals surface area contributed by atoms with Crippen molar-refractivity contribution < 1.29 is 53.5 Å². The SMILES string of the molecule is O=P(O)(OC12CC3CC(CC(C3)C1)C2)C(F)(F)C(F)(F)C(F)(F)C(F)(F)F. The molecule has 0 heterocycles. The summed E-state index contributed by atoms with van der Waals surface area (Å²) in [5.74, 6) is -14.6. The molecule has 0 saturated heterocycles. The third-order valence-electron chi connectivity index (χ3n) is 5.78. The molecule has 1 N–H and O–H groups in total. The van der Waals surface area contributed by atoms with Crippen molar-refractivity contribution in [3.8, 4) is 0 Å². The first-order chi connectivity index (χ1) is 11.9. The van der Waals surface area contributed by atoms with Crippen molar-refractivity contribution in [3.63, 3.8) is 0 Å². The summed E-state index contributed by atoms with van der Waals surface area (Å²) in [4.78, 5) is 9.47. The summed E-state index contributed by atoms with van der Waals surface area (Å²) < 4.78 is 134. The Morgan fingerprint density at radius 2 is 1.15 bits per heavy atom. The van der Waals surface area contributed by atoms with Crippen molar-refractivity contribution in [2.75, 3.05) is 0 Å². The van der Waals surface area contributed by atoms with Crippen LogP contribution in [0.25, 0.3) is 0 Å². The van der Waals surface area contributed by atoms with E-state index in [1.54, 1.807) is 0 Å². The molecule has 1 unspecified atom stereocenters. The number of hydrogen-bond donors (Lipinski definition) is 1. The minimum Gasteiger partial charge on any atom is -0.320 e. The molecule has 0 amide bonds. The van der Waals surface area contributed by atoms with Gasteiger partial charge in [-0.1, -0.05) is 0 Å². The first-order valence-corrected chi connectivity index (χ1v) is 9.76. The van der Waals surface area contributed by atoms with Crippen LogP contribution in [0.1, 0.15) is 38.5 Å². The van der Waals surface area contributed by atoms with Crippen LogP contribution < -0.4 is 0 Å². The van der Waals surface area contributed by atoms with E-state index in [1.165, 1.54) is 0 Å². The summed E-state index contributed by atoms with van der Waals surface area (Å²) in [5.41, 5.74) is -8.32. The van der Waals surface area contributed by atoms with Gasteiger partial charge in [0.1, 0.15) is 0 Å². The first kappa shape index (κ1) is 21.2. The summed E-state index contributed by atoms with van der Waals surface area (Å²) in [6, 6.07) is 0. The predicted octanol–water partition coefficient (Wildman–Crippen LogP) is 5.58. The van der Waals surface area contributed by atoms with Gasteiger partial charge in [0.05, 0.1) is 5.60 Å². The van der Waals surface area contributed by atoms with Crippen LogP contribution in [0.3, 0.4) is 0 Å². The van der Waals surface area contributed by atoms with E-state index in [9.17, 15) is 49.0 Å². The van der Waals surface area contributed by atoms with E-state index < -0.39 is 36.9 Å². The topological polar surface area (TPSA) is 46.5 Å². The second-order valence-electron chi connectivity index (χ2n) is 7.90. The Bertz CT molecular complexity index is 625. The molecule has 0 aromatic heterocycles. The first-order valence-electron chi connectivity index (χ1n) is 8.18. The second kappa shape index (κ2) is 5.78. The van der Waals surface area contributed by atoms with Crippen LogP contribution in [0.2, 0.25) is 0 Å². The zero-order valence-corrected chi connectivity index (χ0v) is 14.5. The fraction of sp³-hybridized carbons (Fsp3) is 1.00. The minimum atomic E-state index is -7.23. The van der Waals surface area contributed by atoms with Crippen LogP contribution in [-0.4, -0.2) is 34.2 Å². The van der Waals surface area contributed by atoms with Gasteiger partial charge in [0.15, 0.2) is 0 Å². The van der Waals surface area contributed by atoms with Crippen LogP contribution in [0.4, 0.5) is 39.5 Å². The van der Waals surface area contributed by atoms with Crippen molar-refractivity contribution in [2.45, 2.75) is 67.8 Å². The quantitative estimate of drug-likeness (QED) is 0.454. The lowest BCUT2D eigenvalue weighted by Crippen LogP contribution is -2.61. The zero-order valence-electron chi connectivity index (χ0n) is 13.6. The van der Waals surface area contributed by atoms with E-state index in [-0.39, 0.29) is 37.0 Å². The van der Waals surface area contributed by atoms with Gasteiger partial charge in [-0.25, -0.2) is 0 Å². The molecule has 0 aliphatic heterocycles. The molecule has 0 aromatic rings. The molecular weight excluding hydrogens is 418 g/mol. The summed E-state index contributed by atoms with van der Waals surface area (Å²) in [6.45, 7) is 0. The Morgan fingerprint density at radius 3 is 1.48 bits per heavy atom. The number of hydrogen-bond acceptors (Lipinski definition) is 2. The van der Waals surface area contributed by atoms with Gasteiger partial charge >= 0.3 is 31.3 Å². The van der Waals surface area contributed by atoms with Crippen molar-refractivity contribution >= 4 is 7.60 Å². The zero-order chi connectivity index (χ0) is 20.7. The Labute approximate surface area is 147 Å². The molecule has 0 aromatic carbocycles. The molecule has 4 aliphatic rings. The van der Waals surface area contributed by atoms with Crippen LogP contribution in [0.5, 0.6) is 0 Å². The van der Waals surface area contributed by atoms with E-state index in [0.29, 0.717) is 19.3 Å². The summed E-state index contributed by atoms with van der Waals surface area (Å²) in [5, 5.41) is 0. The highest BCUT2D eigenvalue weighted by Crippen LogP contribution is 2.72. The smallest absolute Gasteiger partial charge is 0.320 e. The number of rotatable bonds is 5. The van der Waals surface area contributed by atoms with E-state index in [0.717, 1.165) is 0 Å². The van der Waals surface area contributed by atoms with Crippen molar-refractivity contribution in [1.82, 2.24) is 0 Å². The molecule has 1 atom stereocenters. The average molecular weight is 434 g/mol. The normalized spacial score (nSPS) is 36.7. The van der Waals surface area contributed by atoms with Gasteiger partial charge in [0.2, 0.25) is 0 Å². The highest BCUT2D eigenvalue weighted by molar-refractivity contribution is 7.54. The van der Waals surface area contributed by atoms with Gasteiger partial charge in [-0.15, -0.1) is 0 Å². The molecule has 158 valence electrons. The van der Waals surface area contributed by atoms with Gasteiger partial charge in [-0.2, -0.15) is 39.5 Å². The van der Waals surface area contributed by atoms with Crippen LogP contribution in [0.15, 0.2) is 0 Å². The average Bonchev–Trinajstić information content (AvgIpc) is 2.42. The monoisotopic (exact) mass is 434 g/mol. The molecule has 27 heavy (non-hydrogen) atoms. The maximum absolute atomic E-state index is 13.9. The van der Waals surface area contributed by atoms with E-state index >= 15 is 0 Å². The lowest BCUT2D eigenvalue weighted by Gasteiger charge is -2.56. The summed E-state index contributed by atoms with van der Waals surface area (Å²) >= 11 is 0. The largest absolute Gasteiger partial charge is 0.460 e. The van der Waals surface area contributed by atoms with E-state index in [4.69, 9.17) is 0 Å². The maximum Gasteiger partial charge on any atom is 0.460 e. The predicted molar refractivity (Wildman–Crippen MR) is 72.7 cm³/mol. The fourth-order valence-electron chi connectivity index (χ4n) is 5.01. The van der Waals surface area contributed by atoms with Gasteiger partial charge in [-0.3, -0.25) is 9.09 Å². The van der Waals surface area contributed by atoms with Crippen LogP contribution >= 0.6 is 7.60 Å². The fourth-order valence-corrected chi connectivity index (χ4v) is 6.37.